The zero-order valence-corrected chi connectivity index (χ0v) is 15.7. The van der Waals surface area contributed by atoms with Crippen molar-refractivity contribution in [2.75, 3.05) is 11.1 Å². The van der Waals surface area contributed by atoms with Crippen molar-refractivity contribution in [1.82, 2.24) is 4.98 Å². The number of nitrogens with zero attached hydrogens (tertiary/aromatic N) is 2. The summed E-state index contributed by atoms with van der Waals surface area (Å²) in [5.41, 5.74) is 10.7. The number of hydrogen-bond donors (Lipinski definition) is 2. The van der Waals surface area contributed by atoms with Crippen molar-refractivity contribution >= 4 is 44.9 Å². The molecule has 0 spiro atoms. The van der Waals surface area contributed by atoms with Gasteiger partial charge in [0.1, 0.15) is 0 Å². The van der Waals surface area contributed by atoms with Crippen LogP contribution < -0.4 is 11.1 Å². The molecule has 0 atom stereocenters. The third-order valence-electron chi connectivity index (χ3n) is 4.73. The van der Waals surface area contributed by atoms with Crippen molar-refractivity contribution in [2.45, 2.75) is 6.54 Å². The van der Waals surface area contributed by atoms with Gasteiger partial charge in [-0.1, -0.05) is 18.2 Å². The number of nitrogens with one attached hydrogen (secondary N) is 1. The van der Waals surface area contributed by atoms with Gasteiger partial charge >= 0.3 is 0 Å². The molecule has 2 aromatic heterocycles. The fourth-order valence-electron chi connectivity index (χ4n) is 3.41. The SMILES string of the molecule is Nc1cncc(C(=O)Nc2cc3c(c(-c4cc5ccccc5s4)c2)CN=C3)c1. The van der Waals surface area contributed by atoms with Crippen LogP contribution in [-0.2, 0) is 6.54 Å². The molecule has 1 aliphatic rings. The quantitative estimate of drug-likeness (QED) is 0.536. The largest absolute Gasteiger partial charge is 0.397 e. The molecule has 0 fully saturated rings. The molecule has 1 aliphatic heterocycles. The molecule has 28 heavy (non-hydrogen) atoms. The van der Waals surface area contributed by atoms with E-state index >= 15 is 0 Å². The Morgan fingerprint density at radius 1 is 1.11 bits per heavy atom. The number of nitrogen functional groups attached to an aromatic ring is 1. The first-order chi connectivity index (χ1) is 13.7. The number of aliphatic imine (C=N–C) groups is 1. The Labute approximate surface area is 165 Å². The van der Waals surface area contributed by atoms with Crippen molar-refractivity contribution in [3.63, 3.8) is 0 Å². The molecule has 3 heterocycles. The number of carbonyl (C=O) groups excluding carboxylic acids is 1. The number of hydrogen-bond acceptors (Lipinski definition) is 5. The average molecular weight is 384 g/mol. The first-order valence-electron chi connectivity index (χ1n) is 8.85. The van der Waals surface area contributed by atoms with Gasteiger partial charge in [0.15, 0.2) is 0 Å². The summed E-state index contributed by atoms with van der Waals surface area (Å²) >= 11 is 1.75. The van der Waals surface area contributed by atoms with E-state index in [4.69, 9.17) is 5.73 Å². The Morgan fingerprint density at radius 2 is 2.00 bits per heavy atom. The van der Waals surface area contributed by atoms with Crippen molar-refractivity contribution in [1.29, 1.82) is 0 Å². The fourth-order valence-corrected chi connectivity index (χ4v) is 4.52. The van der Waals surface area contributed by atoms with Crippen LogP contribution in [0.25, 0.3) is 20.5 Å². The Hall–Kier alpha value is -3.51. The van der Waals surface area contributed by atoms with E-state index in [1.165, 1.54) is 32.9 Å². The van der Waals surface area contributed by atoms with Crippen LogP contribution in [0.4, 0.5) is 11.4 Å². The van der Waals surface area contributed by atoms with Gasteiger partial charge in [-0.05, 0) is 46.8 Å². The minimum atomic E-state index is -0.239. The molecule has 0 saturated carbocycles. The summed E-state index contributed by atoms with van der Waals surface area (Å²) in [5.74, 6) is -0.239. The molecule has 3 N–H and O–H groups in total. The van der Waals surface area contributed by atoms with Gasteiger partial charge in [0.25, 0.3) is 5.91 Å². The van der Waals surface area contributed by atoms with Gasteiger partial charge in [0.05, 0.1) is 17.8 Å². The third kappa shape index (κ3) is 2.93. The first-order valence-corrected chi connectivity index (χ1v) is 9.66. The van der Waals surface area contributed by atoms with Crippen LogP contribution in [0.2, 0.25) is 0 Å². The van der Waals surface area contributed by atoms with E-state index < -0.39 is 0 Å². The summed E-state index contributed by atoms with van der Waals surface area (Å²) in [7, 11) is 0. The predicted molar refractivity (Wildman–Crippen MR) is 115 cm³/mol. The van der Waals surface area contributed by atoms with Gasteiger partial charge < -0.3 is 11.1 Å². The maximum Gasteiger partial charge on any atom is 0.257 e. The highest BCUT2D eigenvalue weighted by Crippen LogP contribution is 2.39. The number of thiophene rings is 1. The van der Waals surface area contributed by atoms with Crippen LogP contribution in [0.15, 0.2) is 65.9 Å². The molecule has 0 saturated heterocycles. The van der Waals surface area contributed by atoms with Gasteiger partial charge in [-0.15, -0.1) is 11.3 Å². The fraction of sp³-hybridized carbons (Fsp3) is 0.0455. The standard InChI is InChI=1S/C22H16N4OS/c23-16-5-15(10-24-11-16)22(27)26-17-6-14-9-25-12-19(14)18(8-17)21-7-13-3-1-2-4-20(13)28-21/h1-11H,12,23H2,(H,26,27). The van der Waals surface area contributed by atoms with E-state index in [2.05, 4.69) is 33.5 Å². The topological polar surface area (TPSA) is 80.4 Å². The lowest BCUT2D eigenvalue weighted by Gasteiger charge is -2.11. The number of benzene rings is 2. The van der Waals surface area contributed by atoms with Crippen molar-refractivity contribution < 1.29 is 4.79 Å². The minimum Gasteiger partial charge on any atom is -0.397 e. The van der Waals surface area contributed by atoms with Gasteiger partial charge in [-0.2, -0.15) is 0 Å². The van der Waals surface area contributed by atoms with Crippen LogP contribution in [0.5, 0.6) is 0 Å². The lowest BCUT2D eigenvalue weighted by molar-refractivity contribution is 0.102. The van der Waals surface area contributed by atoms with E-state index in [1.807, 2.05) is 30.5 Å². The number of fused-ring (bicyclic) bond motifs is 2. The lowest BCUT2D eigenvalue weighted by Crippen LogP contribution is -2.13. The maximum absolute atomic E-state index is 12.6. The molecule has 6 heteroatoms. The summed E-state index contributed by atoms with van der Waals surface area (Å²) in [6, 6.07) is 16.1. The highest BCUT2D eigenvalue weighted by molar-refractivity contribution is 7.22. The summed E-state index contributed by atoms with van der Waals surface area (Å²) < 4.78 is 1.24. The van der Waals surface area contributed by atoms with E-state index in [0.29, 0.717) is 17.8 Å². The minimum absolute atomic E-state index is 0.239. The van der Waals surface area contributed by atoms with Gasteiger partial charge in [0, 0.05) is 39.4 Å². The van der Waals surface area contributed by atoms with Crippen molar-refractivity contribution in [3.8, 4) is 10.4 Å². The first kappa shape index (κ1) is 16.6. The predicted octanol–water partition coefficient (Wildman–Crippen LogP) is 4.73. The zero-order valence-electron chi connectivity index (χ0n) is 14.8. The molecule has 4 aromatic rings. The number of pyridine rings is 1. The highest BCUT2D eigenvalue weighted by Gasteiger charge is 2.18. The second-order valence-electron chi connectivity index (χ2n) is 6.67. The Bertz CT molecular complexity index is 1230. The zero-order chi connectivity index (χ0) is 19.1. The molecular weight excluding hydrogens is 368 g/mol. The molecule has 5 nitrogen and oxygen atoms in total. The normalized spacial score (nSPS) is 12.3. The lowest BCUT2D eigenvalue weighted by atomic mass is 10.00. The number of nitrogens with two attached hydrogens (primary N) is 1. The number of carbonyl (C=O) groups is 1. The Morgan fingerprint density at radius 3 is 2.86 bits per heavy atom. The summed E-state index contributed by atoms with van der Waals surface area (Å²) in [5, 5.41) is 4.19. The summed E-state index contributed by atoms with van der Waals surface area (Å²) in [6.45, 7) is 0.659. The number of aromatic nitrogens is 1. The van der Waals surface area contributed by atoms with Gasteiger partial charge in [-0.3, -0.25) is 14.8 Å². The van der Waals surface area contributed by atoms with Crippen LogP contribution in [0, 0.1) is 0 Å². The third-order valence-corrected chi connectivity index (χ3v) is 5.88. The van der Waals surface area contributed by atoms with Crippen molar-refractivity contribution in [2.24, 2.45) is 4.99 Å². The molecule has 0 bridgehead atoms. The monoisotopic (exact) mass is 384 g/mol. The Kier molecular flexibility index (Phi) is 3.91. The molecule has 2 aromatic carbocycles. The molecule has 0 aliphatic carbocycles. The average Bonchev–Trinajstić information content (AvgIpc) is 3.34. The van der Waals surface area contributed by atoms with E-state index in [1.54, 1.807) is 17.4 Å². The summed E-state index contributed by atoms with van der Waals surface area (Å²) in [6.07, 6.45) is 4.89. The van der Waals surface area contributed by atoms with Crippen molar-refractivity contribution in [3.05, 3.63) is 77.6 Å². The van der Waals surface area contributed by atoms with Crippen LogP contribution in [0.3, 0.4) is 0 Å². The van der Waals surface area contributed by atoms with Crippen LogP contribution in [0.1, 0.15) is 21.5 Å². The second-order valence-corrected chi connectivity index (χ2v) is 7.75. The number of rotatable bonds is 3. The molecular formula is C22H16N4OS. The van der Waals surface area contributed by atoms with Gasteiger partial charge in [0.2, 0.25) is 0 Å². The van der Waals surface area contributed by atoms with E-state index in [0.717, 1.165) is 16.8 Å². The molecule has 0 unspecified atom stereocenters. The molecule has 136 valence electrons. The molecule has 0 radical (unpaired) electrons. The number of amides is 1. The molecule has 1 amide bonds. The van der Waals surface area contributed by atoms with E-state index in [-0.39, 0.29) is 5.91 Å². The maximum atomic E-state index is 12.6. The molecule has 5 rings (SSSR count). The number of anilines is 2. The smallest absolute Gasteiger partial charge is 0.257 e. The summed E-state index contributed by atoms with van der Waals surface area (Å²) in [4.78, 5) is 22.2. The second kappa shape index (κ2) is 6.58. The highest BCUT2D eigenvalue weighted by atomic mass is 32.1. The van der Waals surface area contributed by atoms with Crippen LogP contribution >= 0.6 is 11.3 Å². The van der Waals surface area contributed by atoms with Gasteiger partial charge in [-0.25, -0.2) is 0 Å². The Balaban J connectivity index is 1.56. The van der Waals surface area contributed by atoms with E-state index in [9.17, 15) is 4.79 Å². The van der Waals surface area contributed by atoms with Crippen LogP contribution in [-0.4, -0.2) is 17.1 Å².